The molecule has 0 aromatic heterocycles. The number of anilines is 1. The predicted molar refractivity (Wildman–Crippen MR) is 116 cm³/mol. The number of ether oxygens (including phenoxy) is 1. The standard InChI is InChI=1S/C22H28N2O5S/c1-5-24(6-2)30(27,28)18-11-13-21(29-4)19(15-18)23-22(26)14-12-20(25)17-9-7-16(3)8-10-17/h7-11,13,15H,5-6,12,14H2,1-4H3,(H,23,26). The van der Waals surface area contributed by atoms with Crippen LogP contribution in [0, 0.1) is 6.92 Å². The highest BCUT2D eigenvalue weighted by Crippen LogP contribution is 2.29. The first-order valence-electron chi connectivity index (χ1n) is 9.80. The molecule has 0 aliphatic heterocycles. The van der Waals surface area contributed by atoms with E-state index < -0.39 is 15.9 Å². The van der Waals surface area contributed by atoms with Crippen LogP contribution < -0.4 is 10.1 Å². The molecule has 0 radical (unpaired) electrons. The first-order valence-corrected chi connectivity index (χ1v) is 11.2. The van der Waals surface area contributed by atoms with Crippen molar-refractivity contribution in [1.82, 2.24) is 4.31 Å². The van der Waals surface area contributed by atoms with Gasteiger partial charge in [0.2, 0.25) is 15.9 Å². The molecule has 0 bridgehead atoms. The number of methoxy groups -OCH3 is 1. The summed E-state index contributed by atoms with van der Waals surface area (Å²) < 4.78 is 32.1. The van der Waals surface area contributed by atoms with Crippen molar-refractivity contribution in [3.05, 3.63) is 53.6 Å². The molecule has 30 heavy (non-hydrogen) atoms. The topological polar surface area (TPSA) is 92.8 Å². The molecule has 8 heteroatoms. The van der Waals surface area contributed by atoms with Crippen LogP contribution in [0.5, 0.6) is 5.75 Å². The van der Waals surface area contributed by atoms with Gasteiger partial charge >= 0.3 is 0 Å². The van der Waals surface area contributed by atoms with Gasteiger partial charge in [0.05, 0.1) is 17.7 Å². The van der Waals surface area contributed by atoms with Gasteiger partial charge in [0.1, 0.15) is 5.75 Å². The van der Waals surface area contributed by atoms with Gasteiger partial charge in [-0.3, -0.25) is 9.59 Å². The number of hydrogen-bond acceptors (Lipinski definition) is 5. The highest BCUT2D eigenvalue weighted by atomic mass is 32.2. The van der Waals surface area contributed by atoms with Gasteiger partial charge < -0.3 is 10.1 Å². The first kappa shape index (κ1) is 23.6. The van der Waals surface area contributed by atoms with Crippen molar-refractivity contribution in [2.75, 3.05) is 25.5 Å². The van der Waals surface area contributed by atoms with Gasteiger partial charge in [-0.15, -0.1) is 0 Å². The maximum atomic E-state index is 12.8. The molecule has 0 unspecified atom stereocenters. The van der Waals surface area contributed by atoms with Crippen LogP contribution in [-0.2, 0) is 14.8 Å². The summed E-state index contributed by atoms with van der Waals surface area (Å²) in [5.41, 5.74) is 1.85. The monoisotopic (exact) mass is 432 g/mol. The number of Topliss-reactive ketones (excluding diaryl/α,β-unsaturated/α-hetero) is 1. The maximum absolute atomic E-state index is 12.8. The van der Waals surface area contributed by atoms with Crippen molar-refractivity contribution in [3.63, 3.8) is 0 Å². The summed E-state index contributed by atoms with van der Waals surface area (Å²) >= 11 is 0. The third kappa shape index (κ3) is 5.67. The molecular weight excluding hydrogens is 404 g/mol. The lowest BCUT2D eigenvalue weighted by atomic mass is 10.0. The molecule has 0 atom stereocenters. The number of hydrogen-bond donors (Lipinski definition) is 1. The number of ketones is 1. The number of rotatable bonds is 10. The predicted octanol–water partition coefficient (Wildman–Crippen LogP) is 3.64. The Hall–Kier alpha value is -2.71. The zero-order valence-corrected chi connectivity index (χ0v) is 18.6. The lowest BCUT2D eigenvalue weighted by Crippen LogP contribution is -2.30. The van der Waals surface area contributed by atoms with Crippen molar-refractivity contribution in [2.24, 2.45) is 0 Å². The minimum absolute atomic E-state index is 0.0249. The Morgan fingerprint density at radius 2 is 1.63 bits per heavy atom. The summed E-state index contributed by atoms with van der Waals surface area (Å²) in [4.78, 5) is 24.7. The van der Waals surface area contributed by atoms with Gasteiger partial charge in [-0.25, -0.2) is 8.42 Å². The first-order chi connectivity index (χ1) is 14.2. The molecule has 2 aromatic carbocycles. The highest BCUT2D eigenvalue weighted by Gasteiger charge is 2.23. The zero-order valence-electron chi connectivity index (χ0n) is 17.8. The molecule has 0 spiro atoms. The van der Waals surface area contributed by atoms with Crippen molar-refractivity contribution in [1.29, 1.82) is 0 Å². The van der Waals surface area contributed by atoms with Gasteiger partial charge in [-0.05, 0) is 25.1 Å². The average Bonchev–Trinajstić information content (AvgIpc) is 2.73. The Labute approximate surface area is 178 Å². The van der Waals surface area contributed by atoms with Crippen LogP contribution in [0.4, 0.5) is 5.69 Å². The molecule has 0 fully saturated rings. The van der Waals surface area contributed by atoms with Gasteiger partial charge in [-0.2, -0.15) is 4.31 Å². The number of carbonyl (C=O) groups excluding carboxylic acids is 2. The smallest absolute Gasteiger partial charge is 0.243 e. The summed E-state index contributed by atoms with van der Waals surface area (Å²) in [6.45, 7) is 6.14. The molecule has 2 rings (SSSR count). The maximum Gasteiger partial charge on any atom is 0.243 e. The van der Waals surface area contributed by atoms with Crippen molar-refractivity contribution in [2.45, 2.75) is 38.5 Å². The Kier molecular flexibility index (Phi) is 8.14. The number of nitrogens with one attached hydrogen (secondary N) is 1. The largest absolute Gasteiger partial charge is 0.495 e. The molecule has 7 nitrogen and oxygen atoms in total. The van der Waals surface area contributed by atoms with E-state index in [1.54, 1.807) is 26.0 Å². The van der Waals surface area contributed by atoms with E-state index in [-0.39, 0.29) is 29.2 Å². The van der Waals surface area contributed by atoms with Crippen molar-refractivity contribution < 1.29 is 22.7 Å². The number of aryl methyl sites for hydroxylation is 1. The molecule has 0 heterocycles. The minimum Gasteiger partial charge on any atom is -0.495 e. The van der Waals surface area contributed by atoms with Gasteiger partial charge in [0, 0.05) is 31.5 Å². The SMILES string of the molecule is CCN(CC)S(=O)(=O)c1ccc(OC)c(NC(=O)CCC(=O)c2ccc(C)cc2)c1. The van der Waals surface area contributed by atoms with Gasteiger partial charge in [0.25, 0.3) is 0 Å². The van der Waals surface area contributed by atoms with E-state index in [9.17, 15) is 18.0 Å². The molecule has 0 aliphatic carbocycles. The van der Waals surface area contributed by atoms with Crippen molar-refractivity contribution >= 4 is 27.4 Å². The van der Waals surface area contributed by atoms with E-state index in [1.165, 1.54) is 29.6 Å². The summed E-state index contributed by atoms with van der Waals surface area (Å²) in [7, 11) is -2.24. The number of nitrogens with zero attached hydrogens (tertiary/aromatic N) is 1. The van der Waals surface area contributed by atoms with Crippen molar-refractivity contribution in [3.8, 4) is 5.75 Å². The molecule has 0 saturated heterocycles. The summed E-state index contributed by atoms with van der Waals surface area (Å²) in [5.74, 6) is -0.187. The molecular formula is C22H28N2O5S. The Morgan fingerprint density at radius 1 is 1.00 bits per heavy atom. The van der Waals surface area contributed by atoms with Crippen LogP contribution in [-0.4, -0.2) is 44.6 Å². The Balaban J connectivity index is 2.13. The Morgan fingerprint density at radius 3 is 2.20 bits per heavy atom. The molecule has 1 N–H and O–H groups in total. The van der Waals surface area contributed by atoms with E-state index in [1.807, 2.05) is 19.1 Å². The van der Waals surface area contributed by atoms with E-state index in [4.69, 9.17) is 4.74 Å². The third-order valence-electron chi connectivity index (χ3n) is 4.74. The fraction of sp³-hybridized carbons (Fsp3) is 0.364. The fourth-order valence-electron chi connectivity index (χ4n) is 2.98. The second-order valence-corrected chi connectivity index (χ2v) is 8.73. The van der Waals surface area contributed by atoms with Crippen LogP contribution in [0.2, 0.25) is 0 Å². The second-order valence-electron chi connectivity index (χ2n) is 6.79. The van der Waals surface area contributed by atoms with E-state index in [2.05, 4.69) is 5.32 Å². The number of amides is 1. The second kappa shape index (κ2) is 10.4. The number of sulfonamides is 1. The number of benzene rings is 2. The van der Waals surface area contributed by atoms with Gasteiger partial charge in [-0.1, -0.05) is 43.7 Å². The van der Waals surface area contributed by atoms with Gasteiger partial charge in [0.15, 0.2) is 5.78 Å². The molecule has 162 valence electrons. The molecule has 0 saturated carbocycles. The summed E-state index contributed by atoms with van der Waals surface area (Å²) in [5, 5.41) is 2.67. The van der Waals surface area contributed by atoms with Crippen LogP contribution in [0.3, 0.4) is 0 Å². The Bertz CT molecular complexity index is 997. The molecule has 1 amide bonds. The van der Waals surface area contributed by atoms with E-state index in [0.717, 1.165) is 5.56 Å². The lowest BCUT2D eigenvalue weighted by Gasteiger charge is -2.19. The summed E-state index contributed by atoms with van der Waals surface area (Å²) in [6, 6.07) is 11.5. The van der Waals surface area contributed by atoms with E-state index >= 15 is 0 Å². The highest BCUT2D eigenvalue weighted by molar-refractivity contribution is 7.89. The average molecular weight is 433 g/mol. The zero-order chi connectivity index (χ0) is 22.3. The fourth-order valence-corrected chi connectivity index (χ4v) is 4.47. The summed E-state index contributed by atoms with van der Waals surface area (Å²) in [6.07, 6.45) is 0.0253. The quantitative estimate of drug-likeness (QED) is 0.579. The van der Waals surface area contributed by atoms with Crippen LogP contribution in [0.15, 0.2) is 47.4 Å². The van der Waals surface area contributed by atoms with E-state index in [0.29, 0.717) is 24.4 Å². The van der Waals surface area contributed by atoms with Crippen LogP contribution in [0.25, 0.3) is 0 Å². The normalized spacial score (nSPS) is 11.4. The lowest BCUT2D eigenvalue weighted by molar-refractivity contribution is -0.116. The minimum atomic E-state index is -3.68. The van der Waals surface area contributed by atoms with Crippen LogP contribution in [0.1, 0.15) is 42.6 Å². The number of carbonyl (C=O) groups is 2. The third-order valence-corrected chi connectivity index (χ3v) is 6.79. The molecule has 0 aliphatic rings. The van der Waals surface area contributed by atoms with Crippen LogP contribution >= 0.6 is 0 Å². The molecule has 2 aromatic rings.